The number of carbonyl (C=O) groups is 1. The molecule has 174 valence electrons. The zero-order valence-electron chi connectivity index (χ0n) is 19.8. The first-order valence-electron chi connectivity index (χ1n) is 11.5. The Morgan fingerprint density at radius 3 is 2.58 bits per heavy atom. The van der Waals surface area contributed by atoms with Gasteiger partial charge in [0.1, 0.15) is 12.3 Å². The van der Waals surface area contributed by atoms with Gasteiger partial charge in [0, 0.05) is 30.4 Å². The second kappa shape index (κ2) is 10.1. The maximum Gasteiger partial charge on any atom is 0.246 e. The predicted octanol–water partition coefficient (Wildman–Crippen LogP) is 4.71. The molecular weight excluding hydrogens is 416 g/mol. The van der Waals surface area contributed by atoms with Crippen LogP contribution in [0.5, 0.6) is 5.75 Å². The molecule has 0 aliphatic carbocycles. The van der Waals surface area contributed by atoms with Crippen LogP contribution < -0.4 is 9.64 Å². The van der Waals surface area contributed by atoms with Crippen LogP contribution in [0.2, 0.25) is 0 Å². The van der Waals surface area contributed by atoms with E-state index in [1.165, 1.54) is 11.3 Å². The Kier molecular flexibility index (Phi) is 6.96. The highest BCUT2D eigenvalue weighted by molar-refractivity contribution is 5.80. The Balaban J connectivity index is 1.45. The molecule has 4 rings (SSSR count). The van der Waals surface area contributed by atoms with Gasteiger partial charge in [0.25, 0.3) is 0 Å². The van der Waals surface area contributed by atoms with Gasteiger partial charge < -0.3 is 19.1 Å². The van der Waals surface area contributed by atoms with Gasteiger partial charge in [-0.25, -0.2) is 0 Å². The van der Waals surface area contributed by atoms with E-state index in [4.69, 9.17) is 9.26 Å². The lowest BCUT2D eigenvalue weighted by Gasteiger charge is -2.37. The standard InChI is InChI=1S/C26H32N4O3/c1-18(2)30(17-24-27-25(28-33-24)20-9-13-23(32-4)14-10-20)26(31)21-6-5-15-29(16-21)22-11-7-19(3)8-12-22/h7-14,18,21H,5-6,15-17H2,1-4H3/t21-/m0/s1. The maximum atomic E-state index is 13.5. The largest absolute Gasteiger partial charge is 0.497 e. The Morgan fingerprint density at radius 1 is 1.18 bits per heavy atom. The van der Waals surface area contributed by atoms with E-state index in [2.05, 4.69) is 46.2 Å². The van der Waals surface area contributed by atoms with Crippen LogP contribution >= 0.6 is 0 Å². The van der Waals surface area contributed by atoms with Gasteiger partial charge >= 0.3 is 0 Å². The molecule has 2 heterocycles. The van der Waals surface area contributed by atoms with Crippen molar-refractivity contribution in [3.8, 4) is 17.1 Å². The van der Waals surface area contributed by atoms with Crippen molar-refractivity contribution in [1.82, 2.24) is 15.0 Å². The molecule has 7 nitrogen and oxygen atoms in total. The molecule has 2 aromatic carbocycles. The molecule has 0 radical (unpaired) electrons. The van der Waals surface area contributed by atoms with Crippen molar-refractivity contribution in [2.24, 2.45) is 5.92 Å². The van der Waals surface area contributed by atoms with Crippen LogP contribution in [0, 0.1) is 12.8 Å². The normalized spacial score (nSPS) is 16.2. The minimum atomic E-state index is -0.0496. The molecule has 0 spiro atoms. The topological polar surface area (TPSA) is 71.7 Å². The number of nitrogens with zero attached hydrogens (tertiary/aromatic N) is 4. The summed E-state index contributed by atoms with van der Waals surface area (Å²) in [4.78, 5) is 22.2. The van der Waals surface area contributed by atoms with Crippen LogP contribution in [0.25, 0.3) is 11.4 Å². The van der Waals surface area contributed by atoms with Gasteiger partial charge in [-0.15, -0.1) is 0 Å². The quantitative estimate of drug-likeness (QED) is 0.521. The number of aromatic nitrogens is 2. The van der Waals surface area contributed by atoms with Gasteiger partial charge in [-0.05, 0) is 70.0 Å². The number of aryl methyl sites for hydroxylation is 1. The lowest BCUT2D eigenvalue weighted by atomic mass is 9.95. The molecule has 3 aromatic rings. The van der Waals surface area contributed by atoms with Gasteiger partial charge in [0.2, 0.25) is 17.6 Å². The monoisotopic (exact) mass is 448 g/mol. The number of amides is 1. The Morgan fingerprint density at radius 2 is 1.91 bits per heavy atom. The summed E-state index contributed by atoms with van der Waals surface area (Å²) in [5.74, 6) is 1.81. The molecule has 1 aromatic heterocycles. The van der Waals surface area contributed by atoms with Crippen LogP contribution in [0.3, 0.4) is 0 Å². The number of anilines is 1. The molecule has 1 aliphatic rings. The van der Waals surface area contributed by atoms with Crippen molar-refractivity contribution < 1.29 is 14.1 Å². The summed E-state index contributed by atoms with van der Waals surface area (Å²) in [6.07, 6.45) is 1.89. The van der Waals surface area contributed by atoms with E-state index < -0.39 is 0 Å². The van der Waals surface area contributed by atoms with E-state index >= 15 is 0 Å². The van der Waals surface area contributed by atoms with Crippen LogP contribution in [0.4, 0.5) is 5.69 Å². The number of rotatable bonds is 7. The second-order valence-corrected chi connectivity index (χ2v) is 8.92. The molecule has 0 saturated carbocycles. The molecule has 1 aliphatic heterocycles. The Bertz CT molecular complexity index is 1060. The van der Waals surface area contributed by atoms with Crippen LogP contribution in [0.15, 0.2) is 53.1 Å². The zero-order valence-corrected chi connectivity index (χ0v) is 19.8. The van der Waals surface area contributed by atoms with Crippen molar-refractivity contribution in [3.63, 3.8) is 0 Å². The number of hydrogen-bond acceptors (Lipinski definition) is 6. The molecule has 0 unspecified atom stereocenters. The number of piperidine rings is 1. The summed E-state index contributed by atoms with van der Waals surface area (Å²) in [6, 6.07) is 16.1. The van der Waals surface area contributed by atoms with E-state index in [0.717, 1.165) is 37.2 Å². The number of ether oxygens (including phenoxy) is 1. The molecular formula is C26H32N4O3. The summed E-state index contributed by atoms with van der Waals surface area (Å²) in [5, 5.41) is 4.11. The SMILES string of the molecule is COc1ccc(-c2noc(CN(C(=O)[C@H]3CCCN(c4ccc(C)cc4)C3)C(C)C)n2)cc1. The van der Waals surface area contributed by atoms with Crippen molar-refractivity contribution in [1.29, 1.82) is 0 Å². The van der Waals surface area contributed by atoms with Crippen molar-refractivity contribution in [3.05, 3.63) is 60.0 Å². The average Bonchev–Trinajstić information content (AvgIpc) is 3.31. The molecule has 1 atom stereocenters. The van der Waals surface area contributed by atoms with Gasteiger partial charge in [-0.2, -0.15) is 4.98 Å². The first-order chi connectivity index (χ1) is 15.9. The smallest absolute Gasteiger partial charge is 0.246 e. The average molecular weight is 449 g/mol. The van der Waals surface area contributed by atoms with E-state index in [9.17, 15) is 4.79 Å². The number of hydrogen-bond donors (Lipinski definition) is 0. The minimum Gasteiger partial charge on any atom is -0.497 e. The van der Waals surface area contributed by atoms with E-state index in [1.54, 1.807) is 7.11 Å². The lowest BCUT2D eigenvalue weighted by molar-refractivity contribution is -0.138. The van der Waals surface area contributed by atoms with Gasteiger partial charge in [0.15, 0.2) is 0 Å². The Labute approximate surface area is 195 Å². The summed E-state index contributed by atoms with van der Waals surface area (Å²) < 4.78 is 10.7. The Hall–Kier alpha value is -3.35. The molecule has 7 heteroatoms. The number of methoxy groups -OCH3 is 1. The summed E-state index contributed by atoms with van der Waals surface area (Å²) >= 11 is 0. The fourth-order valence-electron chi connectivity index (χ4n) is 4.24. The van der Waals surface area contributed by atoms with E-state index in [0.29, 0.717) is 18.3 Å². The predicted molar refractivity (Wildman–Crippen MR) is 128 cm³/mol. The van der Waals surface area contributed by atoms with E-state index in [1.807, 2.05) is 43.0 Å². The molecule has 0 bridgehead atoms. The van der Waals surface area contributed by atoms with Gasteiger partial charge in [-0.3, -0.25) is 4.79 Å². The third-order valence-corrected chi connectivity index (χ3v) is 6.20. The highest BCUT2D eigenvalue weighted by Gasteiger charge is 2.31. The lowest BCUT2D eigenvalue weighted by Crippen LogP contribution is -2.47. The van der Waals surface area contributed by atoms with Crippen LogP contribution in [-0.2, 0) is 11.3 Å². The van der Waals surface area contributed by atoms with Crippen LogP contribution in [-0.4, -0.2) is 47.2 Å². The van der Waals surface area contributed by atoms with Crippen molar-refractivity contribution in [2.75, 3.05) is 25.1 Å². The summed E-state index contributed by atoms with van der Waals surface area (Å²) in [7, 11) is 1.63. The third kappa shape index (κ3) is 5.35. The maximum absolute atomic E-state index is 13.5. The number of benzene rings is 2. The number of carbonyl (C=O) groups excluding carboxylic acids is 1. The summed E-state index contributed by atoms with van der Waals surface area (Å²) in [5.41, 5.74) is 3.26. The zero-order chi connectivity index (χ0) is 23.4. The molecule has 33 heavy (non-hydrogen) atoms. The molecule has 0 N–H and O–H groups in total. The third-order valence-electron chi connectivity index (χ3n) is 6.20. The van der Waals surface area contributed by atoms with Gasteiger partial charge in [-0.1, -0.05) is 22.9 Å². The fourth-order valence-corrected chi connectivity index (χ4v) is 4.24. The minimum absolute atomic E-state index is 0.0311. The second-order valence-electron chi connectivity index (χ2n) is 8.92. The molecule has 1 saturated heterocycles. The van der Waals surface area contributed by atoms with E-state index in [-0.39, 0.29) is 17.9 Å². The highest BCUT2D eigenvalue weighted by atomic mass is 16.5. The first-order valence-corrected chi connectivity index (χ1v) is 11.5. The molecule has 1 fully saturated rings. The van der Waals surface area contributed by atoms with Crippen LogP contribution in [0.1, 0.15) is 38.1 Å². The van der Waals surface area contributed by atoms with Crippen molar-refractivity contribution in [2.45, 2.75) is 46.2 Å². The summed E-state index contributed by atoms with van der Waals surface area (Å²) in [6.45, 7) is 8.15. The highest BCUT2D eigenvalue weighted by Crippen LogP contribution is 2.26. The first kappa shape index (κ1) is 22.8. The fraction of sp³-hybridized carbons (Fsp3) is 0.423. The van der Waals surface area contributed by atoms with Gasteiger partial charge in [0.05, 0.1) is 13.0 Å². The van der Waals surface area contributed by atoms with Crippen molar-refractivity contribution >= 4 is 11.6 Å². The molecule has 1 amide bonds.